The van der Waals surface area contributed by atoms with Gasteiger partial charge in [0.25, 0.3) is 5.82 Å². The van der Waals surface area contributed by atoms with Gasteiger partial charge < -0.3 is 9.63 Å². The molecule has 0 saturated carbocycles. The van der Waals surface area contributed by atoms with Gasteiger partial charge in [0.2, 0.25) is 5.89 Å². The van der Waals surface area contributed by atoms with Gasteiger partial charge in [-0.05, 0) is 27.5 Å². The lowest BCUT2D eigenvalue weighted by Gasteiger charge is -1.87. The Kier molecular flexibility index (Phi) is 2.28. The molecule has 0 aliphatic rings. The Morgan fingerprint density at radius 1 is 1.64 bits per heavy atom. The first kappa shape index (κ1) is 8.89. The number of thiophene rings is 1. The fourth-order valence-electron chi connectivity index (χ4n) is 0.981. The molecule has 72 valence electrons. The van der Waals surface area contributed by atoms with E-state index in [0.29, 0.717) is 12.3 Å². The van der Waals surface area contributed by atoms with E-state index in [2.05, 4.69) is 10.1 Å². The van der Waals surface area contributed by atoms with Crippen molar-refractivity contribution in [2.24, 2.45) is 0 Å². The van der Waals surface area contributed by atoms with E-state index in [-0.39, 0.29) is 5.82 Å². The third-order valence-electron chi connectivity index (χ3n) is 1.59. The number of carboxylic acid groups (broad SMARTS) is 1. The molecule has 1 N–H and O–H groups in total. The molecule has 2 aromatic heterocycles. The van der Waals surface area contributed by atoms with E-state index in [4.69, 9.17) is 9.63 Å². The number of rotatable bonds is 3. The molecule has 2 heterocycles. The minimum absolute atomic E-state index is 0.296. The fraction of sp³-hybridized carbons (Fsp3) is 0.125. The Morgan fingerprint density at radius 2 is 2.50 bits per heavy atom. The van der Waals surface area contributed by atoms with Crippen LogP contribution in [0.1, 0.15) is 22.1 Å². The molecule has 6 heteroatoms. The Balaban J connectivity index is 2.14. The fourth-order valence-corrected chi connectivity index (χ4v) is 1.65. The van der Waals surface area contributed by atoms with Crippen LogP contribution in [-0.2, 0) is 6.42 Å². The topological polar surface area (TPSA) is 76.2 Å². The van der Waals surface area contributed by atoms with Crippen molar-refractivity contribution < 1.29 is 14.4 Å². The second-order valence-corrected chi connectivity index (χ2v) is 3.41. The lowest BCUT2D eigenvalue weighted by atomic mass is 10.2. The quantitative estimate of drug-likeness (QED) is 0.829. The van der Waals surface area contributed by atoms with Gasteiger partial charge in [0.1, 0.15) is 0 Å². The summed E-state index contributed by atoms with van der Waals surface area (Å²) in [5.41, 5.74) is 1.04. The Labute approximate surface area is 83.0 Å². The van der Waals surface area contributed by atoms with E-state index in [1.54, 1.807) is 11.3 Å². The number of carbonyl (C=O) groups is 1. The van der Waals surface area contributed by atoms with E-state index in [1.165, 1.54) is 0 Å². The first-order valence-corrected chi connectivity index (χ1v) is 4.77. The van der Waals surface area contributed by atoms with Crippen molar-refractivity contribution >= 4 is 17.3 Å². The third kappa shape index (κ3) is 1.80. The Morgan fingerprint density at radius 3 is 3.07 bits per heavy atom. The molecular formula is C8H6N2O3S. The highest BCUT2D eigenvalue weighted by atomic mass is 32.1. The Bertz CT molecular complexity index is 435. The highest BCUT2D eigenvalue weighted by Crippen LogP contribution is 2.11. The summed E-state index contributed by atoms with van der Waals surface area (Å²) < 4.78 is 4.76. The predicted octanol–water partition coefficient (Wildman–Crippen LogP) is 1.42. The highest BCUT2D eigenvalue weighted by molar-refractivity contribution is 7.07. The summed E-state index contributed by atoms with van der Waals surface area (Å²) in [6, 6.07) is 1.93. The SMILES string of the molecule is O=C(O)c1noc(Cc2ccsc2)n1. The molecule has 0 spiro atoms. The number of nitrogens with zero attached hydrogens (tertiary/aromatic N) is 2. The number of aromatic nitrogens is 2. The van der Waals surface area contributed by atoms with Crippen molar-refractivity contribution in [1.82, 2.24) is 10.1 Å². The summed E-state index contributed by atoms with van der Waals surface area (Å²) in [5, 5.41) is 15.7. The summed E-state index contributed by atoms with van der Waals surface area (Å²) in [5.74, 6) is -1.15. The molecule has 2 aromatic rings. The zero-order valence-corrected chi connectivity index (χ0v) is 7.82. The standard InChI is InChI=1S/C8H6N2O3S/c11-8(12)7-9-6(13-10-7)3-5-1-2-14-4-5/h1-2,4H,3H2,(H,11,12). The maximum Gasteiger partial charge on any atom is 0.377 e. The van der Waals surface area contributed by atoms with Crippen LogP contribution in [0.25, 0.3) is 0 Å². The molecule has 0 bridgehead atoms. The van der Waals surface area contributed by atoms with Gasteiger partial charge in [0.05, 0.1) is 6.42 Å². The molecule has 0 fully saturated rings. The molecule has 0 aliphatic heterocycles. The summed E-state index contributed by atoms with van der Waals surface area (Å²) in [6.07, 6.45) is 0.476. The minimum Gasteiger partial charge on any atom is -0.475 e. The molecule has 0 saturated heterocycles. The van der Waals surface area contributed by atoms with Gasteiger partial charge in [-0.2, -0.15) is 16.3 Å². The molecule has 2 rings (SSSR count). The third-order valence-corrected chi connectivity index (χ3v) is 2.33. The smallest absolute Gasteiger partial charge is 0.377 e. The average Bonchev–Trinajstić information content (AvgIpc) is 2.75. The monoisotopic (exact) mass is 210 g/mol. The van der Waals surface area contributed by atoms with Gasteiger partial charge in [-0.25, -0.2) is 4.79 Å². The van der Waals surface area contributed by atoms with Gasteiger partial charge in [-0.1, -0.05) is 0 Å². The van der Waals surface area contributed by atoms with Crippen molar-refractivity contribution in [3.05, 3.63) is 34.1 Å². The van der Waals surface area contributed by atoms with Crippen LogP contribution in [0.5, 0.6) is 0 Å². The van der Waals surface area contributed by atoms with E-state index in [1.807, 2.05) is 16.8 Å². The van der Waals surface area contributed by atoms with Crippen LogP contribution in [0.4, 0.5) is 0 Å². The van der Waals surface area contributed by atoms with Crippen molar-refractivity contribution in [3.63, 3.8) is 0 Å². The maximum absolute atomic E-state index is 10.4. The molecule has 0 unspecified atom stereocenters. The predicted molar refractivity (Wildman–Crippen MR) is 48.4 cm³/mol. The lowest BCUT2D eigenvalue weighted by molar-refractivity contribution is 0.0680. The van der Waals surface area contributed by atoms with Crippen molar-refractivity contribution in [2.75, 3.05) is 0 Å². The largest absolute Gasteiger partial charge is 0.475 e. The van der Waals surface area contributed by atoms with Gasteiger partial charge in [-0.3, -0.25) is 0 Å². The minimum atomic E-state index is -1.18. The van der Waals surface area contributed by atoms with Crippen LogP contribution in [0.2, 0.25) is 0 Å². The number of hydrogen-bond acceptors (Lipinski definition) is 5. The van der Waals surface area contributed by atoms with Gasteiger partial charge in [0.15, 0.2) is 0 Å². The van der Waals surface area contributed by atoms with Crippen LogP contribution in [0.15, 0.2) is 21.3 Å². The first-order valence-electron chi connectivity index (χ1n) is 3.82. The van der Waals surface area contributed by atoms with E-state index >= 15 is 0 Å². The highest BCUT2D eigenvalue weighted by Gasteiger charge is 2.12. The molecule has 0 aliphatic carbocycles. The molecule has 0 aromatic carbocycles. The van der Waals surface area contributed by atoms with E-state index in [9.17, 15) is 4.79 Å². The molecular weight excluding hydrogens is 204 g/mol. The lowest BCUT2D eigenvalue weighted by Crippen LogP contribution is -1.98. The normalized spacial score (nSPS) is 10.3. The van der Waals surface area contributed by atoms with Crippen LogP contribution < -0.4 is 0 Å². The van der Waals surface area contributed by atoms with Crippen LogP contribution in [0.3, 0.4) is 0 Å². The number of aromatic carboxylic acids is 1. The Hall–Kier alpha value is -1.69. The summed E-state index contributed by atoms with van der Waals surface area (Å²) >= 11 is 1.57. The molecule has 5 nitrogen and oxygen atoms in total. The molecule has 0 atom stereocenters. The number of carboxylic acids is 1. The van der Waals surface area contributed by atoms with Gasteiger partial charge in [-0.15, -0.1) is 0 Å². The number of hydrogen-bond donors (Lipinski definition) is 1. The second kappa shape index (κ2) is 3.59. The summed E-state index contributed by atoms with van der Waals surface area (Å²) in [7, 11) is 0. The maximum atomic E-state index is 10.4. The molecule has 14 heavy (non-hydrogen) atoms. The first-order chi connectivity index (χ1) is 6.75. The zero-order valence-electron chi connectivity index (χ0n) is 7.01. The zero-order chi connectivity index (χ0) is 9.97. The van der Waals surface area contributed by atoms with Crippen LogP contribution in [-0.4, -0.2) is 21.2 Å². The van der Waals surface area contributed by atoms with Crippen molar-refractivity contribution in [2.45, 2.75) is 6.42 Å². The molecule has 0 radical (unpaired) electrons. The van der Waals surface area contributed by atoms with Gasteiger partial charge >= 0.3 is 5.97 Å². The van der Waals surface area contributed by atoms with E-state index in [0.717, 1.165) is 5.56 Å². The van der Waals surface area contributed by atoms with Gasteiger partial charge in [0, 0.05) is 0 Å². The van der Waals surface area contributed by atoms with Crippen LogP contribution in [0, 0.1) is 0 Å². The molecule has 0 amide bonds. The van der Waals surface area contributed by atoms with Crippen molar-refractivity contribution in [3.8, 4) is 0 Å². The van der Waals surface area contributed by atoms with Crippen LogP contribution >= 0.6 is 11.3 Å². The van der Waals surface area contributed by atoms with E-state index < -0.39 is 5.97 Å². The summed E-state index contributed by atoms with van der Waals surface area (Å²) in [4.78, 5) is 14.1. The summed E-state index contributed by atoms with van der Waals surface area (Å²) in [6.45, 7) is 0. The average molecular weight is 210 g/mol. The second-order valence-electron chi connectivity index (χ2n) is 2.63. The van der Waals surface area contributed by atoms with Crippen molar-refractivity contribution in [1.29, 1.82) is 0 Å².